The van der Waals surface area contributed by atoms with Crippen LogP contribution in [-0.4, -0.2) is 4.57 Å². The summed E-state index contributed by atoms with van der Waals surface area (Å²) in [6, 6.07) is 0. The summed E-state index contributed by atoms with van der Waals surface area (Å²) in [7, 11) is 0. The normalized spacial score (nSPS) is 11.2. The minimum Gasteiger partial charge on any atom is -1.00 e. The number of unbranched alkanes of at least 4 members (excludes halogenated alkanes) is 28. The Bertz CT molecular complexity index is 536. The molecular formula is C37H73ClN2. The van der Waals surface area contributed by atoms with Gasteiger partial charge in [0.1, 0.15) is 12.4 Å². The largest absolute Gasteiger partial charge is 1.00 e. The molecule has 0 fully saturated rings. The van der Waals surface area contributed by atoms with Gasteiger partial charge in [0.15, 0.2) is 0 Å². The van der Waals surface area contributed by atoms with Crippen molar-refractivity contribution in [1.29, 1.82) is 0 Å². The van der Waals surface area contributed by atoms with E-state index in [1.807, 2.05) is 0 Å². The molecule has 0 bridgehead atoms. The van der Waals surface area contributed by atoms with Crippen LogP contribution in [0, 0.1) is 0 Å². The SMILES string of the molecule is CCCCCCCCCCCCCCCCCn1cc[n+](CCCCCCCCCCCCCCCCC)c1.[Cl-]. The number of imidazole rings is 1. The third-order valence-corrected chi connectivity index (χ3v) is 8.79. The Morgan fingerprint density at radius 3 is 1.05 bits per heavy atom. The Hall–Kier alpha value is -0.500. The van der Waals surface area contributed by atoms with Crippen molar-refractivity contribution < 1.29 is 17.0 Å². The van der Waals surface area contributed by atoms with Gasteiger partial charge in [0.2, 0.25) is 6.33 Å². The van der Waals surface area contributed by atoms with Crippen molar-refractivity contribution in [3.05, 3.63) is 18.7 Å². The Labute approximate surface area is 259 Å². The average molecular weight is 581 g/mol. The fraction of sp³-hybridized carbons (Fsp3) is 0.919. The van der Waals surface area contributed by atoms with Crippen molar-refractivity contribution in [2.75, 3.05) is 0 Å². The second-order valence-electron chi connectivity index (χ2n) is 12.8. The molecule has 0 aliphatic carbocycles. The van der Waals surface area contributed by atoms with Gasteiger partial charge in [0, 0.05) is 0 Å². The van der Waals surface area contributed by atoms with E-state index in [0.717, 1.165) is 0 Å². The van der Waals surface area contributed by atoms with Crippen molar-refractivity contribution in [2.45, 2.75) is 220 Å². The molecule has 0 saturated heterocycles. The molecule has 3 heteroatoms. The summed E-state index contributed by atoms with van der Waals surface area (Å²) in [4.78, 5) is 0. The smallest absolute Gasteiger partial charge is 0.243 e. The lowest BCUT2D eigenvalue weighted by atomic mass is 10.0. The summed E-state index contributed by atoms with van der Waals surface area (Å²) in [6.45, 7) is 7.01. The summed E-state index contributed by atoms with van der Waals surface area (Å²) >= 11 is 0. The van der Waals surface area contributed by atoms with Gasteiger partial charge in [-0.15, -0.1) is 0 Å². The van der Waals surface area contributed by atoms with E-state index in [1.54, 1.807) is 0 Å². The van der Waals surface area contributed by atoms with Crippen LogP contribution in [0.2, 0.25) is 0 Å². The van der Waals surface area contributed by atoms with Crippen LogP contribution in [0.1, 0.15) is 206 Å². The van der Waals surface area contributed by atoms with Crippen LogP contribution in [0.5, 0.6) is 0 Å². The van der Waals surface area contributed by atoms with E-state index in [9.17, 15) is 0 Å². The van der Waals surface area contributed by atoms with Gasteiger partial charge in [0.05, 0.1) is 13.1 Å². The van der Waals surface area contributed by atoms with E-state index < -0.39 is 0 Å². The first-order valence-electron chi connectivity index (χ1n) is 18.4. The monoisotopic (exact) mass is 581 g/mol. The topological polar surface area (TPSA) is 8.81 Å². The number of hydrogen-bond donors (Lipinski definition) is 0. The van der Waals surface area contributed by atoms with Gasteiger partial charge >= 0.3 is 0 Å². The minimum atomic E-state index is 0. The molecule has 1 aromatic rings. The molecule has 0 aromatic carbocycles. The van der Waals surface area contributed by atoms with Crippen LogP contribution in [0.15, 0.2) is 18.7 Å². The van der Waals surface area contributed by atoms with Gasteiger partial charge in [0.25, 0.3) is 0 Å². The molecule has 0 aliphatic rings. The van der Waals surface area contributed by atoms with E-state index in [4.69, 9.17) is 0 Å². The molecule has 0 aliphatic heterocycles. The maximum absolute atomic E-state index is 2.41. The van der Waals surface area contributed by atoms with Gasteiger partial charge in [-0.05, 0) is 25.7 Å². The van der Waals surface area contributed by atoms with Gasteiger partial charge < -0.3 is 12.4 Å². The lowest BCUT2D eigenvalue weighted by molar-refractivity contribution is -0.696. The Morgan fingerprint density at radius 2 is 0.700 bits per heavy atom. The van der Waals surface area contributed by atoms with E-state index >= 15 is 0 Å². The number of halogens is 1. The Kier molecular flexibility index (Phi) is 32.6. The first-order chi connectivity index (χ1) is 19.4. The second-order valence-corrected chi connectivity index (χ2v) is 12.8. The van der Waals surface area contributed by atoms with Crippen molar-refractivity contribution in [1.82, 2.24) is 4.57 Å². The van der Waals surface area contributed by atoms with Crippen LogP contribution in [0.3, 0.4) is 0 Å². The highest BCUT2D eigenvalue weighted by atomic mass is 35.5. The molecule has 0 saturated carbocycles. The zero-order valence-electron chi connectivity index (χ0n) is 27.6. The van der Waals surface area contributed by atoms with Crippen molar-refractivity contribution in [3.63, 3.8) is 0 Å². The lowest BCUT2D eigenvalue weighted by Gasteiger charge is -2.03. The van der Waals surface area contributed by atoms with Crippen LogP contribution in [0.4, 0.5) is 0 Å². The Morgan fingerprint density at radius 1 is 0.400 bits per heavy atom. The first kappa shape index (κ1) is 39.5. The van der Waals surface area contributed by atoms with E-state index in [0.29, 0.717) is 0 Å². The molecule has 0 N–H and O–H groups in total. The van der Waals surface area contributed by atoms with Gasteiger partial charge in [-0.25, -0.2) is 9.13 Å². The zero-order chi connectivity index (χ0) is 27.9. The van der Waals surface area contributed by atoms with Crippen molar-refractivity contribution >= 4 is 0 Å². The number of nitrogens with zero attached hydrogens (tertiary/aromatic N) is 2. The molecule has 0 unspecified atom stereocenters. The van der Waals surface area contributed by atoms with Crippen LogP contribution in [-0.2, 0) is 13.1 Å². The van der Waals surface area contributed by atoms with Crippen LogP contribution in [0.25, 0.3) is 0 Å². The fourth-order valence-electron chi connectivity index (χ4n) is 6.03. The standard InChI is InChI=1S/C37H73N2.ClH/c1-3-5-7-9-11-13-15-17-19-21-23-25-27-29-31-33-38-35-36-39(37-38)34-32-30-28-26-24-22-20-18-16-14-12-10-8-6-4-2;/h35-37H,3-34H2,1-2H3;1H/q+1;/p-1. The molecule has 1 rings (SSSR count). The van der Waals surface area contributed by atoms with Gasteiger partial charge in [-0.1, -0.05) is 181 Å². The third-order valence-electron chi connectivity index (χ3n) is 8.79. The summed E-state index contributed by atoms with van der Waals surface area (Å²) < 4.78 is 4.82. The number of aromatic nitrogens is 2. The Balaban J connectivity index is 0.0000152. The average Bonchev–Trinajstić information content (AvgIpc) is 3.40. The molecule has 0 atom stereocenters. The minimum absolute atomic E-state index is 0. The highest BCUT2D eigenvalue weighted by Gasteiger charge is 2.04. The molecule has 0 spiro atoms. The van der Waals surface area contributed by atoms with Gasteiger partial charge in [-0.3, -0.25) is 0 Å². The van der Waals surface area contributed by atoms with E-state index in [-0.39, 0.29) is 12.4 Å². The van der Waals surface area contributed by atoms with Crippen LogP contribution >= 0.6 is 0 Å². The molecule has 2 nitrogen and oxygen atoms in total. The predicted molar refractivity (Wildman–Crippen MR) is 174 cm³/mol. The second kappa shape index (κ2) is 33.0. The maximum Gasteiger partial charge on any atom is 0.243 e. The summed E-state index contributed by atoms with van der Waals surface area (Å²) in [5.74, 6) is 0. The molecule has 40 heavy (non-hydrogen) atoms. The van der Waals surface area contributed by atoms with Crippen LogP contribution < -0.4 is 17.0 Å². The van der Waals surface area contributed by atoms with E-state index in [2.05, 4.69) is 41.7 Å². The molecule has 1 aromatic heterocycles. The highest BCUT2D eigenvalue weighted by Crippen LogP contribution is 2.15. The third kappa shape index (κ3) is 27.7. The zero-order valence-corrected chi connectivity index (χ0v) is 28.4. The number of hydrogen-bond acceptors (Lipinski definition) is 0. The summed E-state index contributed by atoms with van der Waals surface area (Å²) in [5, 5.41) is 0. The molecule has 0 radical (unpaired) electrons. The summed E-state index contributed by atoms with van der Waals surface area (Å²) in [6.07, 6.45) is 50.2. The molecule has 1 heterocycles. The molecule has 0 amide bonds. The van der Waals surface area contributed by atoms with Crippen molar-refractivity contribution in [2.24, 2.45) is 0 Å². The maximum atomic E-state index is 2.41. The predicted octanol–water partition coefficient (Wildman–Crippen LogP) is 9.52. The van der Waals surface area contributed by atoms with Gasteiger partial charge in [-0.2, -0.15) is 0 Å². The fourth-order valence-corrected chi connectivity index (χ4v) is 6.03. The lowest BCUT2D eigenvalue weighted by Crippen LogP contribution is -3.00. The number of aryl methyl sites for hydroxylation is 2. The highest BCUT2D eigenvalue weighted by molar-refractivity contribution is 4.66. The quantitative estimate of drug-likeness (QED) is 0.0592. The number of rotatable bonds is 32. The molecule has 238 valence electrons. The summed E-state index contributed by atoms with van der Waals surface area (Å²) in [5.41, 5.74) is 0. The van der Waals surface area contributed by atoms with E-state index in [1.165, 1.54) is 206 Å². The van der Waals surface area contributed by atoms with Crippen molar-refractivity contribution in [3.8, 4) is 0 Å². The first-order valence-corrected chi connectivity index (χ1v) is 18.4. The molecular weight excluding hydrogens is 508 g/mol.